The van der Waals surface area contributed by atoms with Crippen LogP contribution in [0.25, 0.3) is 11.4 Å². The highest BCUT2D eigenvalue weighted by molar-refractivity contribution is 6.07. The first-order chi connectivity index (χ1) is 15.8. The molecule has 1 unspecified atom stereocenters. The Labute approximate surface area is 187 Å². The van der Waals surface area contributed by atoms with Crippen LogP contribution >= 0.6 is 0 Å². The molecule has 4 rings (SSSR count). The Balaban J connectivity index is 1.54. The molecule has 2 aromatic carbocycles. The van der Waals surface area contributed by atoms with Crippen LogP contribution in [0.2, 0.25) is 0 Å². The molecule has 1 aliphatic heterocycles. The van der Waals surface area contributed by atoms with E-state index in [1.54, 1.807) is 18.2 Å². The van der Waals surface area contributed by atoms with Gasteiger partial charge in [0.05, 0.1) is 19.1 Å². The highest BCUT2D eigenvalue weighted by Crippen LogP contribution is 2.33. The number of urea groups is 1. The Morgan fingerprint density at radius 2 is 1.82 bits per heavy atom. The van der Waals surface area contributed by atoms with Gasteiger partial charge in [-0.3, -0.25) is 19.8 Å². The fourth-order valence-corrected chi connectivity index (χ4v) is 3.50. The van der Waals surface area contributed by atoms with E-state index in [9.17, 15) is 19.7 Å². The number of ether oxygens (including phenoxy) is 2. The number of hydrogen-bond acceptors (Lipinski definition) is 9. The van der Waals surface area contributed by atoms with Gasteiger partial charge in [-0.15, -0.1) is 0 Å². The molecule has 3 aromatic rings. The van der Waals surface area contributed by atoms with E-state index in [0.29, 0.717) is 22.6 Å². The Morgan fingerprint density at radius 3 is 2.45 bits per heavy atom. The third-order valence-corrected chi connectivity index (χ3v) is 5.33. The van der Waals surface area contributed by atoms with Crippen LogP contribution in [-0.4, -0.2) is 46.1 Å². The number of benzene rings is 2. The van der Waals surface area contributed by atoms with Crippen molar-refractivity contribution in [3.63, 3.8) is 0 Å². The summed E-state index contributed by atoms with van der Waals surface area (Å²) in [4.78, 5) is 41.2. The number of methoxy groups -OCH3 is 2. The molecule has 0 saturated carbocycles. The summed E-state index contributed by atoms with van der Waals surface area (Å²) in [5.41, 5.74) is -0.510. The van der Waals surface area contributed by atoms with Crippen molar-refractivity contribution in [1.29, 1.82) is 0 Å². The van der Waals surface area contributed by atoms with Gasteiger partial charge in [0, 0.05) is 17.7 Å². The summed E-state index contributed by atoms with van der Waals surface area (Å²) in [6.07, 6.45) is 0. The van der Waals surface area contributed by atoms with Crippen LogP contribution in [0.4, 0.5) is 10.5 Å². The molecule has 0 spiro atoms. The minimum absolute atomic E-state index is 0.0521. The lowest BCUT2D eigenvalue weighted by Gasteiger charge is -2.21. The summed E-state index contributed by atoms with van der Waals surface area (Å²) in [5, 5.41) is 17.4. The number of non-ortho nitro benzene ring substituents is 1. The summed E-state index contributed by atoms with van der Waals surface area (Å²) >= 11 is 0. The third kappa shape index (κ3) is 3.82. The van der Waals surface area contributed by atoms with Crippen molar-refractivity contribution in [2.24, 2.45) is 0 Å². The maximum absolute atomic E-state index is 13.1. The molecule has 170 valence electrons. The number of amides is 3. The van der Waals surface area contributed by atoms with Gasteiger partial charge in [-0.25, -0.2) is 4.79 Å². The molecule has 2 heterocycles. The molecule has 0 aliphatic carbocycles. The van der Waals surface area contributed by atoms with E-state index in [0.717, 1.165) is 4.90 Å². The Hall–Kier alpha value is -4.48. The number of aromatic nitrogens is 2. The van der Waals surface area contributed by atoms with Crippen LogP contribution in [0, 0.1) is 10.1 Å². The van der Waals surface area contributed by atoms with Crippen molar-refractivity contribution in [2.75, 3.05) is 14.2 Å². The van der Waals surface area contributed by atoms with Crippen molar-refractivity contribution in [1.82, 2.24) is 20.4 Å². The van der Waals surface area contributed by atoms with Crippen LogP contribution in [0.15, 0.2) is 47.0 Å². The molecule has 1 atom stereocenters. The summed E-state index contributed by atoms with van der Waals surface area (Å²) < 4.78 is 15.7. The minimum atomic E-state index is -1.39. The molecular weight excluding hydrogens is 434 g/mol. The van der Waals surface area contributed by atoms with Gasteiger partial charge in [0.2, 0.25) is 11.7 Å². The summed E-state index contributed by atoms with van der Waals surface area (Å²) in [6, 6.07) is 9.85. The number of carbonyl (C=O) groups excluding carboxylic acids is 2. The number of imide groups is 1. The number of rotatable bonds is 7. The van der Waals surface area contributed by atoms with Gasteiger partial charge in [-0.05, 0) is 42.8 Å². The second-order valence-electron chi connectivity index (χ2n) is 7.33. The molecule has 1 aliphatic rings. The molecule has 33 heavy (non-hydrogen) atoms. The fourth-order valence-electron chi connectivity index (χ4n) is 3.50. The Bertz CT molecular complexity index is 1240. The van der Waals surface area contributed by atoms with Gasteiger partial charge in [0.15, 0.2) is 11.5 Å². The van der Waals surface area contributed by atoms with Gasteiger partial charge >= 0.3 is 6.03 Å². The first-order valence-electron chi connectivity index (χ1n) is 9.71. The normalized spacial score (nSPS) is 17.7. The zero-order valence-electron chi connectivity index (χ0n) is 17.9. The molecule has 1 N–H and O–H groups in total. The molecule has 12 heteroatoms. The number of nitrogens with zero attached hydrogens (tertiary/aromatic N) is 4. The van der Waals surface area contributed by atoms with Crippen molar-refractivity contribution in [3.05, 3.63) is 64.0 Å². The van der Waals surface area contributed by atoms with Gasteiger partial charge < -0.3 is 19.3 Å². The van der Waals surface area contributed by atoms with Crippen LogP contribution in [-0.2, 0) is 16.9 Å². The van der Waals surface area contributed by atoms with Crippen LogP contribution in [0.5, 0.6) is 11.5 Å². The number of nitro benzene ring substituents is 1. The van der Waals surface area contributed by atoms with E-state index < -0.39 is 22.4 Å². The molecule has 0 bridgehead atoms. The molecule has 1 fully saturated rings. The zero-order valence-corrected chi connectivity index (χ0v) is 17.9. The molecule has 12 nitrogen and oxygen atoms in total. The average Bonchev–Trinajstić information content (AvgIpc) is 3.37. The standard InChI is InChI=1S/C21H19N5O7/c1-21(13-5-7-14(8-6-13)26(29)30)19(27)25(20(28)23-21)11-17-22-18(24-33-17)12-4-9-15(31-2)16(10-12)32-3/h4-10H,11H2,1-3H3,(H,23,28). The van der Waals surface area contributed by atoms with E-state index in [4.69, 9.17) is 14.0 Å². The Kier molecular flexibility index (Phi) is 5.42. The second-order valence-corrected chi connectivity index (χ2v) is 7.33. The van der Waals surface area contributed by atoms with Gasteiger partial charge in [0.1, 0.15) is 12.1 Å². The van der Waals surface area contributed by atoms with Crippen molar-refractivity contribution < 1.29 is 28.5 Å². The Morgan fingerprint density at radius 1 is 1.12 bits per heavy atom. The fraction of sp³-hybridized carbons (Fsp3) is 0.238. The molecule has 1 saturated heterocycles. The number of carbonyl (C=O) groups is 2. The third-order valence-electron chi connectivity index (χ3n) is 5.33. The van der Waals surface area contributed by atoms with Crippen LogP contribution in [0.1, 0.15) is 18.4 Å². The number of nitrogens with one attached hydrogen (secondary N) is 1. The van der Waals surface area contributed by atoms with E-state index in [1.807, 2.05) is 0 Å². The van der Waals surface area contributed by atoms with Gasteiger partial charge in [-0.1, -0.05) is 5.16 Å². The molecule has 1 aromatic heterocycles. The van der Waals surface area contributed by atoms with E-state index in [1.165, 1.54) is 45.4 Å². The number of hydrogen-bond donors (Lipinski definition) is 1. The van der Waals surface area contributed by atoms with Crippen molar-refractivity contribution in [2.45, 2.75) is 19.0 Å². The minimum Gasteiger partial charge on any atom is -0.493 e. The smallest absolute Gasteiger partial charge is 0.325 e. The largest absolute Gasteiger partial charge is 0.493 e. The first kappa shape index (κ1) is 21.7. The van der Waals surface area contributed by atoms with E-state index in [2.05, 4.69) is 15.5 Å². The lowest BCUT2D eigenvalue weighted by Crippen LogP contribution is -2.40. The summed E-state index contributed by atoms with van der Waals surface area (Å²) in [7, 11) is 3.02. The highest BCUT2D eigenvalue weighted by Gasteiger charge is 2.49. The molecular formula is C21H19N5O7. The first-order valence-corrected chi connectivity index (χ1v) is 9.71. The van der Waals surface area contributed by atoms with Gasteiger partial charge in [-0.2, -0.15) is 4.98 Å². The highest BCUT2D eigenvalue weighted by atomic mass is 16.6. The number of nitro groups is 1. The van der Waals surface area contributed by atoms with Gasteiger partial charge in [0.25, 0.3) is 11.6 Å². The lowest BCUT2D eigenvalue weighted by molar-refractivity contribution is -0.384. The monoisotopic (exact) mass is 453 g/mol. The van der Waals surface area contributed by atoms with Crippen LogP contribution in [0.3, 0.4) is 0 Å². The van der Waals surface area contributed by atoms with Crippen molar-refractivity contribution in [3.8, 4) is 22.9 Å². The van der Waals surface area contributed by atoms with E-state index in [-0.39, 0.29) is 23.9 Å². The predicted octanol–water partition coefficient (Wildman–Crippen LogP) is 2.63. The van der Waals surface area contributed by atoms with E-state index >= 15 is 0 Å². The topological polar surface area (TPSA) is 150 Å². The maximum Gasteiger partial charge on any atom is 0.325 e. The zero-order chi connectivity index (χ0) is 23.8. The maximum atomic E-state index is 13.1. The predicted molar refractivity (Wildman–Crippen MR) is 112 cm³/mol. The quantitative estimate of drug-likeness (QED) is 0.323. The van der Waals surface area contributed by atoms with Crippen molar-refractivity contribution >= 4 is 17.6 Å². The molecule has 3 amide bonds. The SMILES string of the molecule is COc1ccc(-c2noc(CN3C(=O)NC(C)(c4ccc([N+](=O)[O-])cc4)C3=O)n2)cc1OC. The second kappa shape index (κ2) is 8.22. The average molecular weight is 453 g/mol. The molecule has 0 radical (unpaired) electrons. The summed E-state index contributed by atoms with van der Waals surface area (Å²) in [6.45, 7) is 1.28. The lowest BCUT2D eigenvalue weighted by atomic mass is 9.92. The van der Waals surface area contributed by atoms with Crippen LogP contribution < -0.4 is 14.8 Å². The summed E-state index contributed by atoms with van der Waals surface area (Å²) in [5.74, 6) is 0.767.